The van der Waals surface area contributed by atoms with E-state index in [9.17, 15) is 14.4 Å². The molecule has 0 aliphatic carbocycles. The SMILES string of the molecule is COc1ccc(NC(=O)N2CCC(N3CCN(Cc4ccc(C)cc4)C(=O)C3=O)CC2)c(OC)c1. The average Bonchev–Trinajstić information content (AvgIpc) is 2.88. The van der Waals surface area contributed by atoms with Crippen molar-refractivity contribution in [1.82, 2.24) is 14.7 Å². The monoisotopic (exact) mass is 480 g/mol. The van der Waals surface area contributed by atoms with Crippen LogP contribution in [0.2, 0.25) is 0 Å². The first-order valence-corrected chi connectivity index (χ1v) is 11.8. The minimum Gasteiger partial charge on any atom is -0.497 e. The van der Waals surface area contributed by atoms with Gasteiger partial charge >= 0.3 is 17.8 Å². The lowest BCUT2D eigenvalue weighted by atomic mass is 10.0. The van der Waals surface area contributed by atoms with E-state index in [0.717, 1.165) is 11.1 Å². The fraction of sp³-hybridized carbons (Fsp3) is 0.423. The predicted octanol–water partition coefficient (Wildman–Crippen LogP) is 2.88. The number of hydrogen-bond acceptors (Lipinski definition) is 5. The number of methoxy groups -OCH3 is 2. The van der Waals surface area contributed by atoms with Crippen molar-refractivity contribution in [3.63, 3.8) is 0 Å². The summed E-state index contributed by atoms with van der Waals surface area (Å²) in [5.74, 6) is 0.247. The zero-order valence-corrected chi connectivity index (χ0v) is 20.5. The van der Waals surface area contributed by atoms with Gasteiger partial charge in [-0.1, -0.05) is 29.8 Å². The normalized spacial score (nSPS) is 16.9. The fourth-order valence-corrected chi connectivity index (χ4v) is 4.58. The van der Waals surface area contributed by atoms with E-state index in [2.05, 4.69) is 5.32 Å². The van der Waals surface area contributed by atoms with Crippen LogP contribution in [0.15, 0.2) is 42.5 Å². The highest BCUT2D eigenvalue weighted by atomic mass is 16.5. The highest BCUT2D eigenvalue weighted by Crippen LogP contribution is 2.29. The van der Waals surface area contributed by atoms with Crippen molar-refractivity contribution in [1.29, 1.82) is 0 Å². The van der Waals surface area contributed by atoms with E-state index in [-0.39, 0.29) is 12.1 Å². The molecular formula is C26H32N4O5. The lowest BCUT2D eigenvalue weighted by Gasteiger charge is -2.42. The summed E-state index contributed by atoms with van der Waals surface area (Å²) in [6.45, 7) is 4.47. The minimum atomic E-state index is -0.455. The third-order valence-electron chi connectivity index (χ3n) is 6.68. The summed E-state index contributed by atoms with van der Waals surface area (Å²) in [7, 11) is 3.11. The zero-order chi connectivity index (χ0) is 24.9. The Bertz CT molecular complexity index is 1080. The van der Waals surface area contributed by atoms with Crippen molar-refractivity contribution in [2.24, 2.45) is 0 Å². The van der Waals surface area contributed by atoms with Crippen LogP contribution in [0, 0.1) is 6.92 Å². The number of carbonyl (C=O) groups is 3. The highest BCUT2D eigenvalue weighted by Gasteiger charge is 2.38. The second kappa shape index (κ2) is 10.7. The van der Waals surface area contributed by atoms with Gasteiger partial charge in [-0.25, -0.2) is 4.79 Å². The number of aryl methyl sites for hydroxylation is 1. The molecule has 186 valence electrons. The van der Waals surface area contributed by atoms with Crippen LogP contribution in [0.1, 0.15) is 24.0 Å². The molecule has 35 heavy (non-hydrogen) atoms. The lowest BCUT2D eigenvalue weighted by Crippen LogP contribution is -2.59. The molecule has 2 heterocycles. The van der Waals surface area contributed by atoms with E-state index >= 15 is 0 Å². The first kappa shape index (κ1) is 24.4. The number of rotatable bonds is 6. The number of nitrogens with one attached hydrogen (secondary N) is 1. The maximum atomic E-state index is 12.9. The van der Waals surface area contributed by atoms with Gasteiger partial charge in [-0.15, -0.1) is 0 Å². The molecule has 2 aliphatic rings. The van der Waals surface area contributed by atoms with Crippen molar-refractivity contribution in [3.8, 4) is 11.5 Å². The molecule has 2 saturated heterocycles. The van der Waals surface area contributed by atoms with Crippen LogP contribution in [-0.2, 0) is 16.1 Å². The summed E-state index contributed by atoms with van der Waals surface area (Å²) < 4.78 is 10.5. The number of carbonyl (C=O) groups excluding carboxylic acids is 3. The molecule has 0 bridgehead atoms. The first-order chi connectivity index (χ1) is 16.9. The Labute approximate surface area is 205 Å². The van der Waals surface area contributed by atoms with Crippen molar-refractivity contribution >= 4 is 23.5 Å². The van der Waals surface area contributed by atoms with Gasteiger partial charge in [0.25, 0.3) is 0 Å². The summed E-state index contributed by atoms with van der Waals surface area (Å²) in [6, 6.07) is 12.9. The van der Waals surface area contributed by atoms with Crippen LogP contribution in [0.4, 0.5) is 10.5 Å². The van der Waals surface area contributed by atoms with Gasteiger partial charge < -0.3 is 29.5 Å². The van der Waals surface area contributed by atoms with E-state index in [1.807, 2.05) is 31.2 Å². The molecule has 0 spiro atoms. The number of benzene rings is 2. The third-order valence-corrected chi connectivity index (χ3v) is 6.68. The van der Waals surface area contributed by atoms with Gasteiger partial charge in [-0.2, -0.15) is 0 Å². The van der Waals surface area contributed by atoms with E-state index in [1.54, 1.807) is 40.0 Å². The topological polar surface area (TPSA) is 91.4 Å². The number of urea groups is 1. The molecule has 0 aromatic heterocycles. The summed E-state index contributed by atoms with van der Waals surface area (Å²) >= 11 is 0. The van der Waals surface area contributed by atoms with Crippen molar-refractivity contribution in [2.45, 2.75) is 32.4 Å². The van der Waals surface area contributed by atoms with Crippen molar-refractivity contribution < 1.29 is 23.9 Å². The zero-order valence-electron chi connectivity index (χ0n) is 20.5. The molecule has 1 N–H and O–H groups in total. The maximum absolute atomic E-state index is 12.9. The smallest absolute Gasteiger partial charge is 0.321 e. The molecule has 0 unspecified atom stereocenters. The van der Waals surface area contributed by atoms with E-state index in [4.69, 9.17) is 9.47 Å². The molecule has 4 rings (SSSR count). The quantitative estimate of drug-likeness (QED) is 0.642. The Morgan fingerprint density at radius 1 is 0.943 bits per heavy atom. The number of piperazine rings is 1. The molecule has 9 heteroatoms. The van der Waals surface area contributed by atoms with Crippen LogP contribution in [0.5, 0.6) is 11.5 Å². The second-order valence-electron chi connectivity index (χ2n) is 8.93. The Morgan fingerprint density at radius 3 is 2.31 bits per heavy atom. The van der Waals surface area contributed by atoms with Gasteiger partial charge in [0.05, 0.1) is 19.9 Å². The Balaban J connectivity index is 1.30. The molecular weight excluding hydrogens is 448 g/mol. The average molecular weight is 481 g/mol. The summed E-state index contributed by atoms with van der Waals surface area (Å²) in [5, 5.41) is 2.89. The van der Waals surface area contributed by atoms with Gasteiger partial charge in [-0.3, -0.25) is 9.59 Å². The van der Waals surface area contributed by atoms with Crippen molar-refractivity contribution in [2.75, 3.05) is 45.7 Å². The van der Waals surface area contributed by atoms with Crippen LogP contribution >= 0.6 is 0 Å². The second-order valence-corrected chi connectivity index (χ2v) is 8.93. The van der Waals surface area contributed by atoms with Gasteiger partial charge in [0, 0.05) is 44.8 Å². The Hall–Kier alpha value is -3.75. The molecule has 0 atom stereocenters. The number of amides is 4. The molecule has 2 aromatic carbocycles. The van der Waals surface area contributed by atoms with Crippen molar-refractivity contribution in [3.05, 3.63) is 53.6 Å². The van der Waals surface area contributed by atoms with Crippen LogP contribution in [0.3, 0.4) is 0 Å². The molecule has 9 nitrogen and oxygen atoms in total. The van der Waals surface area contributed by atoms with E-state index < -0.39 is 11.8 Å². The van der Waals surface area contributed by atoms with Crippen LogP contribution in [-0.4, -0.2) is 79.0 Å². The van der Waals surface area contributed by atoms with E-state index in [1.165, 1.54) is 7.11 Å². The highest BCUT2D eigenvalue weighted by molar-refractivity contribution is 6.35. The molecule has 2 aliphatic heterocycles. The molecule has 4 amide bonds. The summed E-state index contributed by atoms with van der Waals surface area (Å²) in [6.07, 6.45) is 1.26. The van der Waals surface area contributed by atoms with Gasteiger partial charge in [0.15, 0.2) is 0 Å². The number of anilines is 1. The molecule has 2 fully saturated rings. The first-order valence-electron chi connectivity index (χ1n) is 11.8. The fourth-order valence-electron chi connectivity index (χ4n) is 4.58. The van der Waals surface area contributed by atoms with Crippen LogP contribution < -0.4 is 14.8 Å². The van der Waals surface area contributed by atoms with Gasteiger partial charge in [-0.05, 0) is 37.5 Å². The van der Waals surface area contributed by atoms with Gasteiger partial charge in [0.1, 0.15) is 11.5 Å². The number of likely N-dealkylation sites (tertiary alicyclic amines) is 1. The minimum absolute atomic E-state index is 0.0486. The number of ether oxygens (including phenoxy) is 2. The predicted molar refractivity (Wildman–Crippen MR) is 131 cm³/mol. The molecule has 0 saturated carbocycles. The molecule has 2 aromatic rings. The summed E-state index contributed by atoms with van der Waals surface area (Å²) in [5.41, 5.74) is 2.73. The largest absolute Gasteiger partial charge is 0.497 e. The third kappa shape index (κ3) is 5.50. The van der Waals surface area contributed by atoms with E-state index in [0.29, 0.717) is 62.8 Å². The number of nitrogens with zero attached hydrogens (tertiary/aromatic N) is 3. The number of hydrogen-bond donors (Lipinski definition) is 1. The lowest BCUT2D eigenvalue weighted by molar-refractivity contribution is -0.158. The van der Waals surface area contributed by atoms with Gasteiger partial charge in [0.2, 0.25) is 0 Å². The number of piperidine rings is 1. The summed E-state index contributed by atoms with van der Waals surface area (Å²) in [4.78, 5) is 43.5. The Morgan fingerprint density at radius 2 is 1.66 bits per heavy atom. The standard InChI is InChI=1S/C26H32N4O5/c1-18-4-6-19(7-5-18)17-29-14-15-30(25(32)24(29)31)20-10-12-28(13-11-20)26(33)27-22-9-8-21(34-2)16-23(22)35-3/h4-9,16,20H,10-15,17H2,1-3H3,(H,27,33). The maximum Gasteiger partial charge on any atom is 0.321 e. The van der Waals surface area contributed by atoms with Crippen LogP contribution in [0.25, 0.3) is 0 Å². The Kier molecular flexibility index (Phi) is 7.43. The molecule has 0 radical (unpaired) electrons.